The Kier molecular flexibility index (Phi) is 6.78. The number of hydrogen-bond donors (Lipinski definition) is 3. The highest BCUT2D eigenvalue weighted by molar-refractivity contribution is 9.10. The highest BCUT2D eigenvalue weighted by Gasteiger charge is 2.18. The van der Waals surface area contributed by atoms with E-state index in [1.54, 1.807) is 26.2 Å². The predicted molar refractivity (Wildman–Crippen MR) is 116 cm³/mol. The lowest BCUT2D eigenvalue weighted by Crippen LogP contribution is -2.43. The fraction of sp³-hybridized carbons (Fsp3) is 0.158. The van der Waals surface area contributed by atoms with Gasteiger partial charge in [-0.15, -0.1) is 10.2 Å². The molecule has 1 heterocycles. The number of anilines is 2. The van der Waals surface area contributed by atoms with Crippen LogP contribution in [-0.2, 0) is 4.79 Å². The molecule has 0 saturated heterocycles. The second kappa shape index (κ2) is 9.48. The van der Waals surface area contributed by atoms with Gasteiger partial charge in [-0.05, 0) is 59.3 Å². The average Bonchev–Trinajstić information content (AvgIpc) is 3.18. The van der Waals surface area contributed by atoms with E-state index in [-0.39, 0.29) is 0 Å². The van der Waals surface area contributed by atoms with Gasteiger partial charge in [0.1, 0.15) is 16.8 Å². The molecule has 8 nitrogen and oxygen atoms in total. The molecule has 0 aliphatic rings. The second-order valence-electron chi connectivity index (χ2n) is 5.93. The number of nitrogens with zero attached hydrogens (tertiary/aromatic N) is 2. The molecule has 1 aromatic heterocycles. The lowest BCUT2D eigenvalue weighted by Gasteiger charge is -2.14. The van der Waals surface area contributed by atoms with Gasteiger partial charge >= 0.3 is 6.03 Å². The van der Waals surface area contributed by atoms with E-state index in [9.17, 15) is 9.59 Å². The third-order valence-corrected chi connectivity index (χ3v) is 5.43. The number of halogens is 1. The average molecular weight is 476 g/mol. The maximum atomic E-state index is 12.4. The summed E-state index contributed by atoms with van der Waals surface area (Å²) in [7, 11) is 1.60. The quantitative estimate of drug-likeness (QED) is 0.497. The first kappa shape index (κ1) is 20.7. The zero-order valence-electron chi connectivity index (χ0n) is 15.6. The normalized spacial score (nSPS) is 11.4. The summed E-state index contributed by atoms with van der Waals surface area (Å²) in [5, 5.41) is 17.0. The number of hydrogen-bond acceptors (Lipinski definition) is 6. The molecule has 150 valence electrons. The molecule has 1 atom stereocenters. The van der Waals surface area contributed by atoms with Crippen molar-refractivity contribution >= 4 is 50.0 Å². The van der Waals surface area contributed by atoms with Gasteiger partial charge < -0.3 is 15.4 Å². The summed E-state index contributed by atoms with van der Waals surface area (Å²) < 4.78 is 5.88. The number of methoxy groups -OCH3 is 1. The van der Waals surface area contributed by atoms with Crippen molar-refractivity contribution in [2.45, 2.75) is 13.0 Å². The van der Waals surface area contributed by atoms with Crippen LogP contribution in [0.15, 0.2) is 53.0 Å². The van der Waals surface area contributed by atoms with Crippen molar-refractivity contribution in [2.75, 3.05) is 17.7 Å². The third kappa shape index (κ3) is 5.52. The number of nitrogens with one attached hydrogen (secondary N) is 3. The topological polar surface area (TPSA) is 105 Å². The molecule has 0 fully saturated rings. The van der Waals surface area contributed by atoms with Crippen LogP contribution in [0.4, 0.5) is 15.6 Å². The number of aromatic nitrogens is 2. The molecular formula is C19H18BrN5O3S. The fourth-order valence-corrected chi connectivity index (χ4v) is 3.46. The zero-order chi connectivity index (χ0) is 20.8. The second-order valence-corrected chi connectivity index (χ2v) is 7.76. The first-order valence-electron chi connectivity index (χ1n) is 8.57. The monoisotopic (exact) mass is 475 g/mol. The Morgan fingerprint density at radius 2 is 1.79 bits per heavy atom. The number of carbonyl (C=O) groups excluding carboxylic acids is 2. The fourth-order valence-electron chi connectivity index (χ4n) is 2.32. The van der Waals surface area contributed by atoms with Crippen LogP contribution < -0.4 is 20.7 Å². The number of rotatable bonds is 6. The Bertz CT molecular complexity index is 1010. The van der Waals surface area contributed by atoms with E-state index >= 15 is 0 Å². The Morgan fingerprint density at radius 3 is 2.48 bits per heavy atom. The van der Waals surface area contributed by atoms with Crippen LogP contribution in [0, 0.1) is 0 Å². The molecule has 3 N–H and O–H groups in total. The number of para-hydroxylation sites is 1. The number of amides is 3. The van der Waals surface area contributed by atoms with Gasteiger partial charge in [0.05, 0.1) is 12.8 Å². The summed E-state index contributed by atoms with van der Waals surface area (Å²) in [5.74, 6) is 0.345. The lowest BCUT2D eigenvalue weighted by molar-refractivity contribution is -0.117. The summed E-state index contributed by atoms with van der Waals surface area (Å²) in [5.41, 5.74) is 1.47. The summed E-state index contributed by atoms with van der Waals surface area (Å²) in [6.07, 6.45) is 0. The Balaban J connectivity index is 1.56. The van der Waals surface area contributed by atoms with Crippen LogP contribution in [0.1, 0.15) is 6.92 Å². The predicted octanol–water partition coefficient (Wildman–Crippen LogP) is 4.12. The van der Waals surface area contributed by atoms with Gasteiger partial charge in [0.15, 0.2) is 0 Å². The van der Waals surface area contributed by atoms with E-state index in [0.29, 0.717) is 15.8 Å². The number of urea groups is 1. The van der Waals surface area contributed by atoms with Gasteiger partial charge in [-0.2, -0.15) is 0 Å². The minimum atomic E-state index is -0.772. The Labute approximate surface area is 179 Å². The molecule has 29 heavy (non-hydrogen) atoms. The van der Waals surface area contributed by atoms with Crippen LogP contribution in [0.5, 0.6) is 5.75 Å². The molecule has 10 heteroatoms. The van der Waals surface area contributed by atoms with Crippen LogP contribution in [0.25, 0.3) is 10.6 Å². The third-order valence-electron chi connectivity index (χ3n) is 3.86. The molecule has 0 aliphatic heterocycles. The van der Waals surface area contributed by atoms with Crippen LogP contribution in [-0.4, -0.2) is 35.3 Å². The van der Waals surface area contributed by atoms with Crippen molar-refractivity contribution in [3.63, 3.8) is 0 Å². The maximum absolute atomic E-state index is 12.4. The molecule has 0 bridgehead atoms. The van der Waals surface area contributed by atoms with E-state index in [4.69, 9.17) is 4.74 Å². The minimum absolute atomic E-state index is 0.348. The molecule has 0 saturated carbocycles. The largest absolute Gasteiger partial charge is 0.497 e. The van der Waals surface area contributed by atoms with E-state index < -0.39 is 18.0 Å². The SMILES string of the molecule is COc1ccc(-c2nnc(NC(=O)C(C)NC(=O)Nc3ccccc3Br)s2)cc1. The summed E-state index contributed by atoms with van der Waals surface area (Å²) in [6.45, 7) is 1.58. The summed E-state index contributed by atoms with van der Waals surface area (Å²) in [6, 6.07) is 13.3. The van der Waals surface area contributed by atoms with Crippen LogP contribution >= 0.6 is 27.3 Å². The molecule has 0 aliphatic carbocycles. The van der Waals surface area contributed by atoms with E-state index in [1.165, 1.54) is 11.3 Å². The first-order chi connectivity index (χ1) is 14.0. The molecule has 3 amide bonds. The van der Waals surface area contributed by atoms with Gasteiger partial charge in [-0.1, -0.05) is 23.5 Å². The minimum Gasteiger partial charge on any atom is -0.497 e. The van der Waals surface area contributed by atoms with Crippen molar-refractivity contribution in [1.29, 1.82) is 0 Å². The smallest absolute Gasteiger partial charge is 0.319 e. The molecule has 1 unspecified atom stereocenters. The number of carbonyl (C=O) groups is 2. The summed E-state index contributed by atoms with van der Waals surface area (Å²) >= 11 is 4.59. The van der Waals surface area contributed by atoms with Gasteiger partial charge in [-0.3, -0.25) is 10.1 Å². The number of ether oxygens (including phenoxy) is 1. The molecule has 3 aromatic rings. The van der Waals surface area contributed by atoms with Crippen molar-refractivity contribution < 1.29 is 14.3 Å². The van der Waals surface area contributed by atoms with E-state index in [1.807, 2.05) is 36.4 Å². The van der Waals surface area contributed by atoms with Crippen molar-refractivity contribution in [3.05, 3.63) is 53.0 Å². The lowest BCUT2D eigenvalue weighted by atomic mass is 10.2. The van der Waals surface area contributed by atoms with Crippen molar-refractivity contribution in [3.8, 4) is 16.3 Å². The highest BCUT2D eigenvalue weighted by atomic mass is 79.9. The molecule has 3 rings (SSSR count). The van der Waals surface area contributed by atoms with E-state index in [0.717, 1.165) is 15.8 Å². The van der Waals surface area contributed by atoms with Gasteiger partial charge in [0.2, 0.25) is 11.0 Å². The Morgan fingerprint density at radius 1 is 1.07 bits per heavy atom. The van der Waals surface area contributed by atoms with Crippen LogP contribution in [0.2, 0.25) is 0 Å². The van der Waals surface area contributed by atoms with Crippen molar-refractivity contribution in [2.24, 2.45) is 0 Å². The van der Waals surface area contributed by atoms with Gasteiger partial charge in [0, 0.05) is 10.0 Å². The molecule has 0 spiro atoms. The molecule has 0 radical (unpaired) electrons. The first-order valence-corrected chi connectivity index (χ1v) is 10.2. The standard InChI is InChI=1S/C19H18BrN5O3S/c1-11(21-18(27)22-15-6-4-3-5-14(15)20)16(26)23-19-25-24-17(29-19)12-7-9-13(28-2)10-8-12/h3-11H,1-2H3,(H2,21,22,27)(H,23,25,26). The Hall–Kier alpha value is -2.98. The molecule has 2 aromatic carbocycles. The van der Waals surface area contributed by atoms with Crippen LogP contribution in [0.3, 0.4) is 0 Å². The molecular weight excluding hydrogens is 458 g/mol. The highest BCUT2D eigenvalue weighted by Crippen LogP contribution is 2.27. The maximum Gasteiger partial charge on any atom is 0.319 e. The van der Waals surface area contributed by atoms with Gasteiger partial charge in [0.25, 0.3) is 0 Å². The van der Waals surface area contributed by atoms with E-state index in [2.05, 4.69) is 42.1 Å². The number of benzene rings is 2. The van der Waals surface area contributed by atoms with Gasteiger partial charge in [-0.25, -0.2) is 4.79 Å². The summed E-state index contributed by atoms with van der Waals surface area (Å²) in [4.78, 5) is 24.5. The zero-order valence-corrected chi connectivity index (χ0v) is 18.0. The van der Waals surface area contributed by atoms with Crippen molar-refractivity contribution in [1.82, 2.24) is 15.5 Å².